The van der Waals surface area contributed by atoms with E-state index in [0.717, 1.165) is 24.8 Å². The number of alkyl halides is 1. The van der Waals surface area contributed by atoms with Crippen molar-refractivity contribution in [2.75, 3.05) is 4.43 Å². The Bertz CT molecular complexity index is 405. The van der Waals surface area contributed by atoms with Crippen LogP contribution in [0.1, 0.15) is 82.1 Å². The van der Waals surface area contributed by atoms with E-state index in [1.54, 1.807) is 0 Å². The van der Waals surface area contributed by atoms with Gasteiger partial charge in [0.2, 0.25) is 0 Å². The SMILES string of the molecule is O=C(O)C(CCCCCCCCCCCCI)c1ccccc1. The molecule has 0 amide bonds. The fraction of sp³-hybridized carbons (Fsp3) is 0.650. The summed E-state index contributed by atoms with van der Waals surface area (Å²) in [5.41, 5.74) is 0.937. The molecule has 0 aliphatic rings. The Kier molecular flexibility index (Phi) is 12.3. The number of hydrogen-bond donors (Lipinski definition) is 1. The molecule has 1 aromatic rings. The van der Waals surface area contributed by atoms with Crippen LogP contribution < -0.4 is 0 Å². The van der Waals surface area contributed by atoms with Crippen molar-refractivity contribution in [3.8, 4) is 0 Å². The zero-order chi connectivity index (χ0) is 16.8. The van der Waals surface area contributed by atoms with E-state index in [1.807, 2.05) is 30.3 Å². The average molecular weight is 430 g/mol. The van der Waals surface area contributed by atoms with Crippen molar-refractivity contribution in [2.45, 2.75) is 76.5 Å². The van der Waals surface area contributed by atoms with Gasteiger partial charge in [-0.25, -0.2) is 0 Å². The molecule has 0 heterocycles. The maximum absolute atomic E-state index is 11.4. The van der Waals surface area contributed by atoms with Gasteiger partial charge in [-0.15, -0.1) is 0 Å². The number of aliphatic carboxylic acids is 1. The molecule has 1 unspecified atom stereocenters. The maximum Gasteiger partial charge on any atom is 0.310 e. The predicted octanol–water partition coefficient (Wildman–Crippen LogP) is 6.58. The summed E-state index contributed by atoms with van der Waals surface area (Å²) in [4.78, 5) is 11.4. The monoisotopic (exact) mass is 430 g/mol. The first-order valence-electron chi connectivity index (χ1n) is 9.09. The van der Waals surface area contributed by atoms with Crippen molar-refractivity contribution in [1.29, 1.82) is 0 Å². The highest BCUT2D eigenvalue weighted by Gasteiger charge is 2.18. The minimum absolute atomic E-state index is 0.339. The van der Waals surface area contributed by atoms with E-state index in [2.05, 4.69) is 22.6 Å². The molecular formula is C20H31IO2. The number of halogens is 1. The molecule has 0 aromatic heterocycles. The lowest BCUT2D eigenvalue weighted by Crippen LogP contribution is -2.11. The highest BCUT2D eigenvalue weighted by atomic mass is 127. The highest BCUT2D eigenvalue weighted by molar-refractivity contribution is 14.1. The standard InChI is InChI=1S/C20H31IO2/c21-17-13-8-6-4-2-1-3-5-7-12-16-19(20(22)23)18-14-10-9-11-15-18/h9-11,14-15,19H,1-8,12-13,16-17H2,(H,22,23). The summed E-state index contributed by atoms with van der Waals surface area (Å²) in [6.45, 7) is 0. The molecule has 1 N–H and O–H groups in total. The van der Waals surface area contributed by atoms with Crippen molar-refractivity contribution in [3.63, 3.8) is 0 Å². The summed E-state index contributed by atoms with van der Waals surface area (Å²) >= 11 is 2.45. The van der Waals surface area contributed by atoms with Crippen molar-refractivity contribution >= 4 is 28.6 Å². The van der Waals surface area contributed by atoms with Gasteiger partial charge in [-0.3, -0.25) is 4.79 Å². The van der Waals surface area contributed by atoms with Gasteiger partial charge in [0.15, 0.2) is 0 Å². The molecule has 0 fully saturated rings. The highest BCUT2D eigenvalue weighted by Crippen LogP contribution is 2.23. The molecular weight excluding hydrogens is 399 g/mol. The lowest BCUT2D eigenvalue weighted by atomic mass is 9.93. The third-order valence-electron chi connectivity index (χ3n) is 4.38. The van der Waals surface area contributed by atoms with Crippen molar-refractivity contribution in [3.05, 3.63) is 35.9 Å². The van der Waals surface area contributed by atoms with E-state index in [4.69, 9.17) is 0 Å². The summed E-state index contributed by atoms with van der Waals surface area (Å²) in [5.74, 6) is -1.03. The van der Waals surface area contributed by atoms with Crippen LogP contribution in [0.3, 0.4) is 0 Å². The fourth-order valence-electron chi connectivity index (χ4n) is 2.98. The second-order valence-electron chi connectivity index (χ2n) is 6.31. The molecule has 3 heteroatoms. The van der Waals surface area contributed by atoms with Crippen molar-refractivity contribution in [2.24, 2.45) is 0 Å². The summed E-state index contributed by atoms with van der Waals surface area (Å²) < 4.78 is 1.29. The van der Waals surface area contributed by atoms with E-state index < -0.39 is 5.97 Å². The largest absolute Gasteiger partial charge is 0.481 e. The maximum atomic E-state index is 11.4. The molecule has 0 spiro atoms. The van der Waals surface area contributed by atoms with Gasteiger partial charge in [0.1, 0.15) is 0 Å². The Hall–Kier alpha value is -0.580. The first-order valence-corrected chi connectivity index (χ1v) is 10.6. The number of benzene rings is 1. The number of carboxylic acids is 1. The van der Waals surface area contributed by atoms with Gasteiger partial charge in [0.05, 0.1) is 5.92 Å². The van der Waals surface area contributed by atoms with E-state index in [0.29, 0.717) is 0 Å². The molecule has 0 bridgehead atoms. The van der Waals surface area contributed by atoms with Crippen LogP contribution in [-0.4, -0.2) is 15.5 Å². The van der Waals surface area contributed by atoms with E-state index in [1.165, 1.54) is 55.8 Å². The smallest absolute Gasteiger partial charge is 0.310 e. The Morgan fingerprint density at radius 2 is 1.30 bits per heavy atom. The van der Waals surface area contributed by atoms with Gasteiger partial charge in [-0.05, 0) is 22.8 Å². The molecule has 1 rings (SSSR count). The molecule has 0 aliphatic heterocycles. The molecule has 0 saturated heterocycles. The zero-order valence-electron chi connectivity index (χ0n) is 14.2. The van der Waals surface area contributed by atoms with Crippen LogP contribution in [-0.2, 0) is 4.79 Å². The summed E-state index contributed by atoms with van der Waals surface area (Å²) in [6.07, 6.45) is 13.7. The molecule has 130 valence electrons. The summed E-state index contributed by atoms with van der Waals surface area (Å²) in [6, 6.07) is 9.63. The number of hydrogen-bond acceptors (Lipinski definition) is 1. The minimum atomic E-state index is -0.692. The Balaban J connectivity index is 2.04. The van der Waals surface area contributed by atoms with Gasteiger partial charge >= 0.3 is 5.97 Å². The Morgan fingerprint density at radius 1 is 0.826 bits per heavy atom. The number of unbranched alkanes of at least 4 members (excludes halogenated alkanes) is 9. The lowest BCUT2D eigenvalue weighted by Gasteiger charge is -2.12. The summed E-state index contributed by atoms with van der Waals surface area (Å²) in [7, 11) is 0. The zero-order valence-corrected chi connectivity index (χ0v) is 16.3. The van der Waals surface area contributed by atoms with E-state index in [-0.39, 0.29) is 5.92 Å². The molecule has 0 radical (unpaired) electrons. The topological polar surface area (TPSA) is 37.3 Å². The quantitative estimate of drug-likeness (QED) is 0.206. The van der Waals surface area contributed by atoms with Crippen LogP contribution in [0.5, 0.6) is 0 Å². The number of carbonyl (C=O) groups is 1. The van der Waals surface area contributed by atoms with E-state index >= 15 is 0 Å². The van der Waals surface area contributed by atoms with Crippen LogP contribution in [0.4, 0.5) is 0 Å². The second kappa shape index (κ2) is 13.8. The molecule has 0 saturated carbocycles. The second-order valence-corrected chi connectivity index (χ2v) is 7.39. The van der Waals surface area contributed by atoms with Crippen LogP contribution >= 0.6 is 22.6 Å². The summed E-state index contributed by atoms with van der Waals surface area (Å²) in [5, 5.41) is 9.39. The average Bonchev–Trinajstić information content (AvgIpc) is 2.56. The Morgan fingerprint density at radius 3 is 1.78 bits per heavy atom. The van der Waals surface area contributed by atoms with Gasteiger partial charge in [-0.2, -0.15) is 0 Å². The third kappa shape index (κ3) is 10.0. The molecule has 1 atom stereocenters. The van der Waals surface area contributed by atoms with Crippen LogP contribution in [0.15, 0.2) is 30.3 Å². The van der Waals surface area contributed by atoms with Gasteiger partial charge < -0.3 is 5.11 Å². The lowest BCUT2D eigenvalue weighted by molar-refractivity contribution is -0.139. The van der Waals surface area contributed by atoms with Crippen LogP contribution in [0, 0.1) is 0 Å². The third-order valence-corrected chi connectivity index (χ3v) is 5.14. The first-order chi connectivity index (χ1) is 11.3. The van der Waals surface area contributed by atoms with Gasteiger partial charge in [0.25, 0.3) is 0 Å². The fourth-order valence-corrected chi connectivity index (χ4v) is 3.51. The normalized spacial score (nSPS) is 12.2. The van der Waals surface area contributed by atoms with Gasteiger partial charge in [-0.1, -0.05) is 111 Å². The van der Waals surface area contributed by atoms with Crippen LogP contribution in [0.2, 0.25) is 0 Å². The van der Waals surface area contributed by atoms with Crippen molar-refractivity contribution in [1.82, 2.24) is 0 Å². The molecule has 0 aliphatic carbocycles. The molecule has 1 aromatic carbocycles. The molecule has 23 heavy (non-hydrogen) atoms. The molecule has 2 nitrogen and oxygen atoms in total. The van der Waals surface area contributed by atoms with Crippen molar-refractivity contribution < 1.29 is 9.90 Å². The first kappa shape index (κ1) is 20.5. The predicted molar refractivity (Wildman–Crippen MR) is 106 cm³/mol. The van der Waals surface area contributed by atoms with Crippen LogP contribution in [0.25, 0.3) is 0 Å². The minimum Gasteiger partial charge on any atom is -0.481 e. The number of rotatable bonds is 14. The van der Waals surface area contributed by atoms with E-state index in [9.17, 15) is 9.90 Å². The number of carboxylic acid groups (broad SMARTS) is 1. The van der Waals surface area contributed by atoms with Gasteiger partial charge in [0, 0.05) is 0 Å². The Labute approximate surface area is 155 Å².